The molecule has 0 saturated heterocycles. The van der Waals surface area contributed by atoms with Crippen molar-refractivity contribution in [2.75, 3.05) is 5.73 Å². The molecule has 2 aromatic heterocycles. The number of H-pyrrole nitrogens is 1. The van der Waals surface area contributed by atoms with Crippen LogP contribution in [0, 0.1) is 0 Å². The number of hydrogen-bond acceptors (Lipinski definition) is 7. The number of primary amides is 1. The van der Waals surface area contributed by atoms with Crippen LogP contribution in [0.25, 0.3) is 11.0 Å². The molecule has 0 aliphatic heterocycles. The van der Waals surface area contributed by atoms with Crippen molar-refractivity contribution in [3.05, 3.63) is 12.0 Å². The summed E-state index contributed by atoms with van der Waals surface area (Å²) in [4.78, 5) is 18.3. The van der Waals surface area contributed by atoms with Crippen molar-refractivity contribution in [3.8, 4) is 0 Å². The first-order valence-corrected chi connectivity index (χ1v) is 5.09. The number of anilines is 1. The van der Waals surface area contributed by atoms with Crippen LogP contribution in [0.1, 0.15) is 18.2 Å². The van der Waals surface area contributed by atoms with Crippen LogP contribution in [-0.4, -0.2) is 42.4 Å². The van der Waals surface area contributed by atoms with E-state index in [0.29, 0.717) is 5.39 Å². The van der Waals surface area contributed by atoms with E-state index >= 15 is 0 Å². The summed E-state index contributed by atoms with van der Waals surface area (Å²) in [5, 5.41) is 26.2. The van der Waals surface area contributed by atoms with E-state index in [1.54, 1.807) is 0 Å². The molecule has 2 unspecified atom stereocenters. The van der Waals surface area contributed by atoms with E-state index in [1.165, 1.54) is 6.33 Å². The molecule has 96 valence electrons. The van der Waals surface area contributed by atoms with Crippen LogP contribution in [0.3, 0.4) is 0 Å². The number of aliphatic hydroxyl groups is 2. The number of nitrogens with zero attached hydrogens (tertiary/aromatic N) is 3. The standard InChI is InChI=1S/C9H12N6O3/c10-4(17)1-3(16)7(18)6-5-8(11)12-2-13-9(5)15-14-6/h2-3,7,16,18H,1H2,(H2,10,17)(H3,11,12,13,14,15). The predicted molar refractivity (Wildman–Crippen MR) is 60.9 cm³/mol. The van der Waals surface area contributed by atoms with Gasteiger partial charge in [-0.3, -0.25) is 9.89 Å². The topological polar surface area (TPSA) is 164 Å². The molecule has 2 heterocycles. The predicted octanol–water partition coefficient (Wildman–Crippen LogP) is -1.80. The maximum absolute atomic E-state index is 10.7. The fourth-order valence-corrected chi connectivity index (χ4v) is 1.63. The number of amides is 1. The van der Waals surface area contributed by atoms with Gasteiger partial charge in [-0.1, -0.05) is 0 Å². The Morgan fingerprint density at radius 1 is 1.44 bits per heavy atom. The van der Waals surface area contributed by atoms with E-state index in [1.807, 2.05) is 0 Å². The van der Waals surface area contributed by atoms with Gasteiger partial charge < -0.3 is 21.7 Å². The molecule has 1 amide bonds. The molecule has 0 fully saturated rings. The van der Waals surface area contributed by atoms with E-state index in [4.69, 9.17) is 11.5 Å². The number of nitrogen functional groups attached to an aromatic ring is 1. The molecular formula is C9H12N6O3. The normalized spacial score (nSPS) is 14.6. The summed E-state index contributed by atoms with van der Waals surface area (Å²) < 4.78 is 0. The SMILES string of the molecule is NC(=O)CC(O)C(O)c1[nH]nc2ncnc(N)c12. The molecule has 9 nitrogen and oxygen atoms in total. The van der Waals surface area contributed by atoms with Gasteiger partial charge >= 0.3 is 0 Å². The van der Waals surface area contributed by atoms with Gasteiger partial charge in [0.15, 0.2) is 5.65 Å². The first-order chi connectivity index (χ1) is 8.50. The molecule has 0 aliphatic rings. The fourth-order valence-electron chi connectivity index (χ4n) is 1.63. The maximum Gasteiger partial charge on any atom is 0.220 e. The number of nitrogens with two attached hydrogens (primary N) is 2. The zero-order chi connectivity index (χ0) is 13.3. The molecule has 0 aliphatic carbocycles. The summed E-state index contributed by atoms with van der Waals surface area (Å²) in [5.74, 6) is -0.608. The Kier molecular flexibility index (Phi) is 3.08. The van der Waals surface area contributed by atoms with E-state index in [2.05, 4.69) is 20.2 Å². The number of aliphatic hydroxyl groups excluding tert-OH is 2. The van der Waals surface area contributed by atoms with Crippen LogP contribution in [0.15, 0.2) is 6.33 Å². The first kappa shape index (κ1) is 12.2. The van der Waals surface area contributed by atoms with Crippen LogP contribution in [0.4, 0.5) is 5.82 Å². The summed E-state index contributed by atoms with van der Waals surface area (Å²) in [5.41, 5.74) is 11.0. The van der Waals surface area contributed by atoms with E-state index in [-0.39, 0.29) is 23.6 Å². The van der Waals surface area contributed by atoms with E-state index < -0.39 is 18.1 Å². The molecule has 0 saturated carbocycles. The Balaban J connectivity index is 2.39. The average Bonchev–Trinajstić information content (AvgIpc) is 2.72. The van der Waals surface area contributed by atoms with Gasteiger partial charge in [0.05, 0.1) is 23.6 Å². The molecule has 2 rings (SSSR count). The smallest absolute Gasteiger partial charge is 0.220 e. The Hall–Kier alpha value is -2.26. The highest BCUT2D eigenvalue weighted by Gasteiger charge is 2.25. The summed E-state index contributed by atoms with van der Waals surface area (Å²) >= 11 is 0. The van der Waals surface area contributed by atoms with Gasteiger partial charge in [0.25, 0.3) is 0 Å². The van der Waals surface area contributed by atoms with Gasteiger partial charge in [-0.15, -0.1) is 0 Å². The Morgan fingerprint density at radius 3 is 2.83 bits per heavy atom. The van der Waals surface area contributed by atoms with Crippen molar-refractivity contribution in [2.24, 2.45) is 5.73 Å². The molecular weight excluding hydrogens is 240 g/mol. The third-order valence-electron chi connectivity index (χ3n) is 2.48. The van der Waals surface area contributed by atoms with Crippen molar-refractivity contribution < 1.29 is 15.0 Å². The first-order valence-electron chi connectivity index (χ1n) is 5.09. The van der Waals surface area contributed by atoms with Gasteiger partial charge in [0.2, 0.25) is 5.91 Å². The highest BCUT2D eigenvalue weighted by molar-refractivity contribution is 5.88. The monoisotopic (exact) mass is 252 g/mol. The van der Waals surface area contributed by atoms with Gasteiger partial charge in [0.1, 0.15) is 18.2 Å². The van der Waals surface area contributed by atoms with Crippen molar-refractivity contribution in [1.82, 2.24) is 20.2 Å². The highest BCUT2D eigenvalue weighted by Crippen LogP contribution is 2.26. The van der Waals surface area contributed by atoms with Crippen molar-refractivity contribution in [1.29, 1.82) is 0 Å². The van der Waals surface area contributed by atoms with Crippen LogP contribution in [0.2, 0.25) is 0 Å². The summed E-state index contributed by atoms with van der Waals surface area (Å²) in [6, 6.07) is 0. The molecule has 2 aromatic rings. The Morgan fingerprint density at radius 2 is 2.17 bits per heavy atom. The average molecular weight is 252 g/mol. The lowest BCUT2D eigenvalue weighted by molar-refractivity contribution is -0.121. The molecule has 9 heteroatoms. The molecule has 0 radical (unpaired) electrons. The third-order valence-corrected chi connectivity index (χ3v) is 2.48. The largest absolute Gasteiger partial charge is 0.389 e. The van der Waals surface area contributed by atoms with Gasteiger partial charge in [-0.25, -0.2) is 9.97 Å². The minimum atomic E-state index is -1.38. The number of nitrogens with one attached hydrogen (secondary N) is 1. The zero-order valence-electron chi connectivity index (χ0n) is 9.24. The Labute approximate surface area is 101 Å². The lowest BCUT2D eigenvalue weighted by Gasteiger charge is -2.15. The zero-order valence-corrected chi connectivity index (χ0v) is 9.24. The Bertz CT molecular complexity index is 583. The number of fused-ring (bicyclic) bond motifs is 1. The lowest BCUT2D eigenvalue weighted by atomic mass is 10.1. The molecule has 2 atom stereocenters. The summed E-state index contributed by atoms with van der Waals surface area (Å²) in [6.07, 6.45) is -1.88. The lowest BCUT2D eigenvalue weighted by Crippen LogP contribution is -2.26. The minimum Gasteiger partial charge on any atom is -0.389 e. The van der Waals surface area contributed by atoms with Gasteiger partial charge in [0, 0.05) is 0 Å². The van der Waals surface area contributed by atoms with Crippen LogP contribution < -0.4 is 11.5 Å². The van der Waals surface area contributed by atoms with Crippen molar-refractivity contribution in [3.63, 3.8) is 0 Å². The van der Waals surface area contributed by atoms with E-state index in [0.717, 1.165) is 0 Å². The molecule has 0 spiro atoms. The quantitative estimate of drug-likeness (QED) is 0.428. The second-order valence-electron chi connectivity index (χ2n) is 3.78. The van der Waals surface area contributed by atoms with Crippen LogP contribution in [-0.2, 0) is 4.79 Å². The van der Waals surface area contributed by atoms with E-state index in [9.17, 15) is 15.0 Å². The van der Waals surface area contributed by atoms with Crippen molar-refractivity contribution >= 4 is 22.8 Å². The maximum atomic E-state index is 10.7. The number of carbonyl (C=O) groups excluding carboxylic acids is 1. The van der Waals surface area contributed by atoms with Crippen LogP contribution in [0.5, 0.6) is 0 Å². The molecule has 18 heavy (non-hydrogen) atoms. The number of aromatic nitrogens is 4. The molecule has 0 bridgehead atoms. The fraction of sp³-hybridized carbons (Fsp3) is 0.333. The highest BCUT2D eigenvalue weighted by atomic mass is 16.3. The summed E-state index contributed by atoms with van der Waals surface area (Å²) in [7, 11) is 0. The third kappa shape index (κ3) is 2.08. The number of rotatable bonds is 4. The molecule has 0 aromatic carbocycles. The van der Waals surface area contributed by atoms with Gasteiger partial charge in [-0.2, -0.15) is 5.10 Å². The minimum absolute atomic E-state index is 0.120. The number of aromatic amines is 1. The summed E-state index contributed by atoms with van der Waals surface area (Å²) in [6.45, 7) is 0. The number of hydrogen-bond donors (Lipinski definition) is 5. The molecule has 7 N–H and O–H groups in total. The van der Waals surface area contributed by atoms with Crippen molar-refractivity contribution in [2.45, 2.75) is 18.6 Å². The van der Waals surface area contributed by atoms with Crippen LogP contribution >= 0.6 is 0 Å². The second-order valence-corrected chi connectivity index (χ2v) is 3.78. The second kappa shape index (κ2) is 4.55. The van der Waals surface area contributed by atoms with Gasteiger partial charge in [-0.05, 0) is 0 Å². The number of carbonyl (C=O) groups is 1.